The van der Waals surface area contributed by atoms with Gasteiger partial charge in [-0.05, 0) is 36.9 Å². The number of pyridine rings is 1. The minimum absolute atomic E-state index is 0.325. The van der Waals surface area contributed by atoms with Crippen LogP contribution in [-0.2, 0) is 6.54 Å². The van der Waals surface area contributed by atoms with E-state index >= 15 is 0 Å². The Balaban J connectivity index is 1.95. The van der Waals surface area contributed by atoms with Crippen molar-refractivity contribution in [3.8, 4) is 0 Å². The van der Waals surface area contributed by atoms with Crippen LogP contribution in [0.5, 0.6) is 0 Å². The Bertz CT molecular complexity index is 351. The molecule has 1 aliphatic rings. The summed E-state index contributed by atoms with van der Waals surface area (Å²) in [6.07, 6.45) is 5.06. The number of rotatable bonds is 2. The molecule has 16 heavy (non-hydrogen) atoms. The molecule has 2 rings (SSSR count). The Morgan fingerprint density at radius 1 is 1.50 bits per heavy atom. The third-order valence-corrected chi connectivity index (χ3v) is 3.44. The average molecular weight is 219 g/mol. The van der Waals surface area contributed by atoms with Gasteiger partial charge in [0.05, 0.1) is 0 Å². The van der Waals surface area contributed by atoms with Crippen molar-refractivity contribution >= 4 is 0 Å². The molecule has 2 atom stereocenters. The normalized spacial score (nSPS) is 26.9. The van der Waals surface area contributed by atoms with Crippen LogP contribution in [0.1, 0.15) is 24.5 Å². The Kier molecular flexibility index (Phi) is 3.56. The van der Waals surface area contributed by atoms with Gasteiger partial charge in [-0.2, -0.15) is 0 Å². The summed E-state index contributed by atoms with van der Waals surface area (Å²) in [7, 11) is 0. The molecular formula is C13H21N3. The van der Waals surface area contributed by atoms with Crippen molar-refractivity contribution in [2.24, 2.45) is 11.7 Å². The monoisotopic (exact) mass is 219 g/mol. The predicted molar refractivity (Wildman–Crippen MR) is 66.0 cm³/mol. The van der Waals surface area contributed by atoms with Crippen LogP contribution in [-0.4, -0.2) is 29.0 Å². The average Bonchev–Trinajstić information content (AvgIpc) is 2.24. The van der Waals surface area contributed by atoms with Gasteiger partial charge in [-0.15, -0.1) is 0 Å². The quantitative estimate of drug-likeness (QED) is 0.820. The molecule has 2 unspecified atom stereocenters. The van der Waals surface area contributed by atoms with Gasteiger partial charge in [0.25, 0.3) is 0 Å². The Labute approximate surface area is 97.7 Å². The lowest BCUT2D eigenvalue weighted by molar-refractivity contribution is 0.162. The van der Waals surface area contributed by atoms with Crippen LogP contribution in [0.4, 0.5) is 0 Å². The first-order valence-corrected chi connectivity index (χ1v) is 6.03. The minimum Gasteiger partial charge on any atom is -0.326 e. The third-order valence-electron chi connectivity index (χ3n) is 3.44. The van der Waals surface area contributed by atoms with Gasteiger partial charge in [-0.1, -0.05) is 13.0 Å². The van der Waals surface area contributed by atoms with Crippen molar-refractivity contribution in [2.45, 2.75) is 32.9 Å². The second-order valence-corrected chi connectivity index (χ2v) is 5.04. The van der Waals surface area contributed by atoms with Crippen molar-refractivity contribution in [3.05, 3.63) is 29.6 Å². The zero-order chi connectivity index (χ0) is 11.5. The zero-order valence-corrected chi connectivity index (χ0v) is 10.2. The number of hydrogen-bond acceptors (Lipinski definition) is 3. The Morgan fingerprint density at radius 3 is 3.00 bits per heavy atom. The number of likely N-dealkylation sites (tertiary alicyclic amines) is 1. The van der Waals surface area contributed by atoms with Crippen molar-refractivity contribution in [1.29, 1.82) is 0 Å². The highest BCUT2D eigenvalue weighted by Gasteiger charge is 2.22. The maximum absolute atomic E-state index is 6.09. The molecule has 0 amide bonds. The van der Waals surface area contributed by atoms with Crippen molar-refractivity contribution in [2.75, 3.05) is 13.1 Å². The van der Waals surface area contributed by atoms with Crippen molar-refractivity contribution in [1.82, 2.24) is 9.88 Å². The standard InChI is InChI=1S/C13H21N3/c1-10-5-12(7-15-6-10)8-16-4-3-11(2)13(14)9-16/h5-7,11,13H,3-4,8-9,14H2,1-2H3. The summed E-state index contributed by atoms with van der Waals surface area (Å²) in [6.45, 7) is 7.48. The topological polar surface area (TPSA) is 42.2 Å². The number of nitrogens with two attached hydrogens (primary N) is 1. The highest BCUT2D eigenvalue weighted by molar-refractivity contribution is 5.16. The highest BCUT2D eigenvalue weighted by Crippen LogP contribution is 2.17. The largest absolute Gasteiger partial charge is 0.326 e. The summed E-state index contributed by atoms with van der Waals surface area (Å²) in [4.78, 5) is 6.66. The van der Waals surface area contributed by atoms with E-state index in [9.17, 15) is 0 Å². The van der Waals surface area contributed by atoms with E-state index < -0.39 is 0 Å². The maximum atomic E-state index is 6.09. The molecule has 0 saturated carbocycles. The smallest absolute Gasteiger partial charge is 0.0313 e. The summed E-state index contributed by atoms with van der Waals surface area (Å²) in [5.41, 5.74) is 8.62. The SMILES string of the molecule is Cc1cncc(CN2CCC(C)C(N)C2)c1. The summed E-state index contributed by atoms with van der Waals surface area (Å²) < 4.78 is 0. The first kappa shape index (κ1) is 11.6. The number of hydrogen-bond donors (Lipinski definition) is 1. The van der Waals surface area contributed by atoms with E-state index in [-0.39, 0.29) is 0 Å². The summed E-state index contributed by atoms with van der Waals surface area (Å²) in [6, 6.07) is 2.53. The van der Waals surface area contributed by atoms with E-state index in [0.29, 0.717) is 12.0 Å². The predicted octanol–water partition coefficient (Wildman–Crippen LogP) is 1.56. The second kappa shape index (κ2) is 4.93. The highest BCUT2D eigenvalue weighted by atomic mass is 15.1. The maximum Gasteiger partial charge on any atom is 0.0313 e. The van der Waals surface area contributed by atoms with Crippen LogP contribution in [0.3, 0.4) is 0 Å². The molecule has 0 bridgehead atoms. The van der Waals surface area contributed by atoms with Gasteiger partial charge in [0.1, 0.15) is 0 Å². The summed E-state index contributed by atoms with van der Waals surface area (Å²) in [5.74, 6) is 0.659. The molecule has 1 aliphatic heterocycles. The molecule has 0 spiro atoms. The molecule has 0 aromatic carbocycles. The van der Waals surface area contributed by atoms with E-state index in [2.05, 4.69) is 29.8 Å². The molecule has 88 valence electrons. The van der Waals surface area contributed by atoms with Gasteiger partial charge >= 0.3 is 0 Å². The van der Waals surface area contributed by atoms with Crippen LogP contribution in [0.15, 0.2) is 18.5 Å². The molecule has 0 radical (unpaired) electrons. The number of nitrogens with zero attached hydrogens (tertiary/aromatic N) is 2. The summed E-state index contributed by atoms with van der Waals surface area (Å²) in [5, 5.41) is 0. The lowest BCUT2D eigenvalue weighted by atomic mass is 9.94. The second-order valence-electron chi connectivity index (χ2n) is 5.04. The first-order chi connectivity index (χ1) is 7.65. The molecule has 1 fully saturated rings. The van der Waals surface area contributed by atoms with E-state index in [1.807, 2.05) is 12.4 Å². The van der Waals surface area contributed by atoms with Gasteiger partial charge in [-0.3, -0.25) is 9.88 Å². The molecule has 1 aromatic heterocycles. The molecule has 0 aliphatic carbocycles. The van der Waals surface area contributed by atoms with Crippen LogP contribution in [0, 0.1) is 12.8 Å². The molecule has 2 heterocycles. The van der Waals surface area contributed by atoms with E-state index in [1.54, 1.807) is 0 Å². The van der Waals surface area contributed by atoms with Gasteiger partial charge in [0, 0.05) is 31.5 Å². The van der Waals surface area contributed by atoms with Crippen LogP contribution in [0.25, 0.3) is 0 Å². The van der Waals surface area contributed by atoms with E-state index in [4.69, 9.17) is 5.73 Å². The van der Waals surface area contributed by atoms with Gasteiger partial charge in [-0.25, -0.2) is 0 Å². The molecule has 3 heteroatoms. The molecular weight excluding hydrogens is 198 g/mol. The molecule has 3 nitrogen and oxygen atoms in total. The Morgan fingerprint density at radius 2 is 2.31 bits per heavy atom. The van der Waals surface area contributed by atoms with Gasteiger partial charge in [0.2, 0.25) is 0 Å². The van der Waals surface area contributed by atoms with Crippen LogP contribution < -0.4 is 5.73 Å². The minimum atomic E-state index is 0.325. The number of aryl methyl sites for hydroxylation is 1. The zero-order valence-electron chi connectivity index (χ0n) is 10.2. The number of aromatic nitrogens is 1. The van der Waals surface area contributed by atoms with Gasteiger partial charge in [0.15, 0.2) is 0 Å². The van der Waals surface area contributed by atoms with E-state index in [0.717, 1.165) is 19.6 Å². The Hall–Kier alpha value is -0.930. The van der Waals surface area contributed by atoms with Gasteiger partial charge < -0.3 is 5.73 Å². The molecule has 1 saturated heterocycles. The fourth-order valence-corrected chi connectivity index (χ4v) is 2.28. The van der Waals surface area contributed by atoms with Crippen molar-refractivity contribution in [3.63, 3.8) is 0 Å². The van der Waals surface area contributed by atoms with Crippen molar-refractivity contribution < 1.29 is 0 Å². The number of piperidine rings is 1. The van der Waals surface area contributed by atoms with E-state index in [1.165, 1.54) is 17.5 Å². The fourth-order valence-electron chi connectivity index (χ4n) is 2.28. The van der Waals surface area contributed by atoms with Crippen LogP contribution >= 0.6 is 0 Å². The third kappa shape index (κ3) is 2.80. The lowest BCUT2D eigenvalue weighted by Gasteiger charge is -2.35. The fraction of sp³-hybridized carbons (Fsp3) is 0.615. The first-order valence-electron chi connectivity index (χ1n) is 6.03. The molecule has 1 aromatic rings. The van der Waals surface area contributed by atoms with Crippen LogP contribution in [0.2, 0.25) is 0 Å². The lowest BCUT2D eigenvalue weighted by Crippen LogP contribution is -2.47. The summed E-state index contributed by atoms with van der Waals surface area (Å²) >= 11 is 0. The molecule has 2 N–H and O–H groups in total.